The van der Waals surface area contributed by atoms with E-state index in [-0.39, 0.29) is 0 Å². The minimum atomic E-state index is 0.783. The summed E-state index contributed by atoms with van der Waals surface area (Å²) in [5.74, 6) is 0. The zero-order valence-corrected chi connectivity index (χ0v) is 9.75. The number of rotatable bonds is 3. The summed E-state index contributed by atoms with van der Waals surface area (Å²) in [5.41, 5.74) is 9.31. The number of hydrogen-bond acceptors (Lipinski definition) is 2. The molecule has 0 aliphatic rings. The first-order valence-electron chi connectivity index (χ1n) is 5.09. The summed E-state index contributed by atoms with van der Waals surface area (Å²) >= 11 is 5.95. The number of hydrazine groups is 1. The van der Waals surface area contributed by atoms with Crippen LogP contribution in [0.2, 0.25) is 5.02 Å². The maximum Gasteiger partial charge on any atom is 0.0543 e. The molecule has 16 heavy (non-hydrogen) atoms. The monoisotopic (exact) mass is 232 g/mol. The second kappa shape index (κ2) is 4.90. The standard InChI is InChI=1S/C13H13ClN2/c1-10-9-12(7-8-13(10)14)16-15-11-5-3-2-4-6-11/h2-9,15-16H,1H3. The molecule has 82 valence electrons. The SMILES string of the molecule is Cc1cc(NNc2ccccc2)ccc1Cl. The molecule has 2 aromatic carbocycles. The van der Waals surface area contributed by atoms with Crippen LogP contribution in [0.25, 0.3) is 0 Å². The molecule has 0 bridgehead atoms. The number of para-hydroxylation sites is 1. The molecule has 2 N–H and O–H groups in total. The maximum atomic E-state index is 5.95. The predicted octanol–water partition coefficient (Wildman–Crippen LogP) is 4.09. The van der Waals surface area contributed by atoms with Gasteiger partial charge in [-0.05, 0) is 42.8 Å². The van der Waals surface area contributed by atoms with Crippen molar-refractivity contribution in [1.29, 1.82) is 0 Å². The van der Waals surface area contributed by atoms with Crippen molar-refractivity contribution in [2.45, 2.75) is 6.92 Å². The summed E-state index contributed by atoms with van der Waals surface area (Å²) < 4.78 is 0. The average molecular weight is 233 g/mol. The van der Waals surface area contributed by atoms with Gasteiger partial charge in [-0.25, -0.2) is 0 Å². The molecular formula is C13H13ClN2. The number of benzene rings is 2. The summed E-state index contributed by atoms with van der Waals surface area (Å²) in [6.07, 6.45) is 0. The minimum absolute atomic E-state index is 0.783. The van der Waals surface area contributed by atoms with Gasteiger partial charge in [0.05, 0.1) is 11.4 Å². The zero-order chi connectivity index (χ0) is 11.4. The first-order chi connectivity index (χ1) is 7.75. The average Bonchev–Trinajstić information content (AvgIpc) is 2.32. The normalized spacial score (nSPS) is 9.88. The molecular weight excluding hydrogens is 220 g/mol. The van der Waals surface area contributed by atoms with E-state index in [1.165, 1.54) is 0 Å². The first-order valence-corrected chi connectivity index (χ1v) is 5.47. The fourth-order valence-electron chi connectivity index (χ4n) is 1.39. The molecule has 0 spiro atoms. The van der Waals surface area contributed by atoms with Crippen LogP contribution < -0.4 is 10.9 Å². The van der Waals surface area contributed by atoms with Crippen LogP contribution in [-0.2, 0) is 0 Å². The van der Waals surface area contributed by atoms with Gasteiger partial charge in [0.2, 0.25) is 0 Å². The van der Waals surface area contributed by atoms with Crippen molar-refractivity contribution in [2.24, 2.45) is 0 Å². The third-order valence-corrected chi connectivity index (χ3v) is 2.71. The largest absolute Gasteiger partial charge is 0.301 e. The highest BCUT2D eigenvalue weighted by Crippen LogP contribution is 2.19. The molecule has 0 saturated carbocycles. The fourth-order valence-corrected chi connectivity index (χ4v) is 1.51. The van der Waals surface area contributed by atoms with Gasteiger partial charge < -0.3 is 10.9 Å². The van der Waals surface area contributed by atoms with Crippen molar-refractivity contribution in [3.05, 3.63) is 59.1 Å². The van der Waals surface area contributed by atoms with Gasteiger partial charge in [-0.15, -0.1) is 0 Å². The van der Waals surface area contributed by atoms with Crippen LogP contribution in [-0.4, -0.2) is 0 Å². The quantitative estimate of drug-likeness (QED) is 0.779. The van der Waals surface area contributed by atoms with Crippen LogP contribution in [0, 0.1) is 6.92 Å². The van der Waals surface area contributed by atoms with Gasteiger partial charge in [0, 0.05) is 5.02 Å². The summed E-state index contributed by atoms with van der Waals surface area (Å²) in [4.78, 5) is 0. The van der Waals surface area contributed by atoms with Gasteiger partial charge in [-0.1, -0.05) is 29.8 Å². The summed E-state index contributed by atoms with van der Waals surface area (Å²) in [6, 6.07) is 15.8. The number of hydrogen-bond donors (Lipinski definition) is 2. The Kier molecular flexibility index (Phi) is 3.32. The number of aryl methyl sites for hydroxylation is 1. The molecule has 3 heteroatoms. The van der Waals surface area contributed by atoms with E-state index in [0.717, 1.165) is 22.0 Å². The maximum absolute atomic E-state index is 5.95. The molecule has 0 amide bonds. The Morgan fingerprint density at radius 3 is 2.25 bits per heavy atom. The Labute approximate surface area is 100 Å². The highest BCUT2D eigenvalue weighted by atomic mass is 35.5. The third kappa shape index (κ3) is 2.67. The molecule has 0 aliphatic heterocycles. The van der Waals surface area contributed by atoms with Crippen LogP contribution in [0.1, 0.15) is 5.56 Å². The molecule has 0 heterocycles. The summed E-state index contributed by atoms with van der Waals surface area (Å²) in [6.45, 7) is 1.98. The van der Waals surface area contributed by atoms with Crippen molar-refractivity contribution >= 4 is 23.0 Å². The number of halogens is 1. The lowest BCUT2D eigenvalue weighted by molar-refractivity contribution is 1.38. The molecule has 2 aromatic rings. The van der Waals surface area contributed by atoms with E-state index in [2.05, 4.69) is 10.9 Å². The van der Waals surface area contributed by atoms with Gasteiger partial charge in [0.1, 0.15) is 0 Å². The molecule has 0 aromatic heterocycles. The smallest absolute Gasteiger partial charge is 0.0543 e. The van der Waals surface area contributed by atoms with E-state index in [4.69, 9.17) is 11.6 Å². The summed E-state index contributed by atoms with van der Waals surface area (Å²) in [7, 11) is 0. The predicted molar refractivity (Wildman–Crippen MR) is 69.9 cm³/mol. The molecule has 0 fully saturated rings. The van der Waals surface area contributed by atoms with Crippen LogP contribution in [0.4, 0.5) is 11.4 Å². The lowest BCUT2D eigenvalue weighted by atomic mass is 10.2. The number of nitrogens with one attached hydrogen (secondary N) is 2. The van der Waals surface area contributed by atoms with Crippen molar-refractivity contribution in [3.63, 3.8) is 0 Å². The van der Waals surface area contributed by atoms with E-state index in [1.54, 1.807) is 0 Å². The van der Waals surface area contributed by atoms with Gasteiger partial charge in [0.25, 0.3) is 0 Å². The molecule has 2 nitrogen and oxygen atoms in total. The molecule has 2 rings (SSSR count). The Hall–Kier alpha value is -1.67. The second-order valence-electron chi connectivity index (χ2n) is 3.58. The first kappa shape index (κ1) is 10.8. The topological polar surface area (TPSA) is 24.1 Å². The molecule has 0 radical (unpaired) electrons. The second-order valence-corrected chi connectivity index (χ2v) is 3.99. The lowest BCUT2D eigenvalue weighted by Gasteiger charge is -2.10. The van der Waals surface area contributed by atoms with E-state index >= 15 is 0 Å². The van der Waals surface area contributed by atoms with Gasteiger partial charge in [-0.2, -0.15) is 0 Å². The van der Waals surface area contributed by atoms with Crippen LogP contribution in [0.3, 0.4) is 0 Å². The molecule has 0 unspecified atom stereocenters. The Bertz CT molecular complexity index is 469. The van der Waals surface area contributed by atoms with Crippen molar-refractivity contribution < 1.29 is 0 Å². The molecule has 0 atom stereocenters. The highest BCUT2D eigenvalue weighted by molar-refractivity contribution is 6.31. The van der Waals surface area contributed by atoms with Gasteiger partial charge in [-0.3, -0.25) is 0 Å². The lowest BCUT2D eigenvalue weighted by Crippen LogP contribution is -2.08. The van der Waals surface area contributed by atoms with Crippen molar-refractivity contribution in [3.8, 4) is 0 Å². The molecule has 0 saturated heterocycles. The Morgan fingerprint density at radius 1 is 0.875 bits per heavy atom. The van der Waals surface area contributed by atoms with E-state index in [9.17, 15) is 0 Å². The van der Waals surface area contributed by atoms with Gasteiger partial charge in [0.15, 0.2) is 0 Å². The highest BCUT2D eigenvalue weighted by Gasteiger charge is 1.96. The minimum Gasteiger partial charge on any atom is -0.301 e. The Morgan fingerprint density at radius 2 is 1.56 bits per heavy atom. The Balaban J connectivity index is 2.03. The third-order valence-electron chi connectivity index (χ3n) is 2.28. The van der Waals surface area contributed by atoms with E-state index in [1.807, 2.05) is 55.5 Å². The number of anilines is 2. The van der Waals surface area contributed by atoms with Gasteiger partial charge >= 0.3 is 0 Å². The van der Waals surface area contributed by atoms with Crippen LogP contribution in [0.5, 0.6) is 0 Å². The van der Waals surface area contributed by atoms with E-state index < -0.39 is 0 Å². The van der Waals surface area contributed by atoms with E-state index in [0.29, 0.717) is 0 Å². The van der Waals surface area contributed by atoms with Crippen LogP contribution >= 0.6 is 11.6 Å². The summed E-state index contributed by atoms with van der Waals surface area (Å²) in [5, 5.41) is 0.783. The fraction of sp³-hybridized carbons (Fsp3) is 0.0769. The van der Waals surface area contributed by atoms with Crippen molar-refractivity contribution in [2.75, 3.05) is 10.9 Å². The van der Waals surface area contributed by atoms with Crippen LogP contribution in [0.15, 0.2) is 48.5 Å². The zero-order valence-electron chi connectivity index (χ0n) is 9.00. The van der Waals surface area contributed by atoms with Crippen molar-refractivity contribution in [1.82, 2.24) is 0 Å². The molecule has 0 aliphatic carbocycles.